The summed E-state index contributed by atoms with van der Waals surface area (Å²) in [5, 5.41) is 0.534. The zero-order valence-electron chi connectivity index (χ0n) is 7.42. The second-order valence-electron chi connectivity index (χ2n) is 2.78. The largest absolute Gasteiger partial charge is 0.241 e. The van der Waals surface area contributed by atoms with Gasteiger partial charge in [0.25, 0.3) is 0 Å². The zero-order chi connectivity index (χ0) is 8.97. The van der Waals surface area contributed by atoms with Crippen molar-refractivity contribution >= 4 is 11.6 Å². The first-order valence-electron chi connectivity index (χ1n) is 4.25. The van der Waals surface area contributed by atoms with Crippen molar-refractivity contribution in [2.75, 3.05) is 0 Å². The first-order valence-corrected chi connectivity index (χ1v) is 4.63. The number of hydrogen-bond acceptors (Lipinski definition) is 2. The molecule has 0 aliphatic rings. The first kappa shape index (κ1) is 9.46. The lowest BCUT2D eigenvalue weighted by molar-refractivity contribution is 0.621. The Balaban J connectivity index is 2.85. The van der Waals surface area contributed by atoms with Gasteiger partial charge in [-0.2, -0.15) is 0 Å². The van der Waals surface area contributed by atoms with Gasteiger partial charge in [0.2, 0.25) is 0 Å². The van der Waals surface area contributed by atoms with E-state index in [0.29, 0.717) is 11.1 Å². The second-order valence-corrected chi connectivity index (χ2v) is 3.17. The van der Waals surface area contributed by atoms with Crippen LogP contribution >= 0.6 is 11.6 Å². The monoisotopic (exact) mass is 184 g/mol. The van der Waals surface area contributed by atoms with Crippen LogP contribution in [0.25, 0.3) is 0 Å². The molecule has 0 aromatic carbocycles. The summed E-state index contributed by atoms with van der Waals surface area (Å²) in [7, 11) is 0. The number of halogens is 1. The molecule has 0 radical (unpaired) electrons. The molecule has 1 aromatic heterocycles. The van der Waals surface area contributed by atoms with Crippen LogP contribution < -0.4 is 0 Å². The molecule has 2 nitrogen and oxygen atoms in total. The molecule has 1 rings (SSSR count). The van der Waals surface area contributed by atoms with Crippen molar-refractivity contribution in [1.82, 2.24) is 9.97 Å². The Hall–Kier alpha value is -0.630. The zero-order valence-corrected chi connectivity index (χ0v) is 8.17. The third-order valence-corrected chi connectivity index (χ3v) is 2.27. The average Bonchev–Trinajstić information content (AvgIpc) is 2.07. The van der Waals surface area contributed by atoms with E-state index in [4.69, 9.17) is 11.6 Å². The predicted octanol–water partition coefficient (Wildman–Crippen LogP) is 3.03. The molecular formula is C9H13ClN2. The van der Waals surface area contributed by atoms with Crippen molar-refractivity contribution in [1.29, 1.82) is 0 Å². The highest BCUT2D eigenvalue weighted by atomic mass is 35.5. The Kier molecular flexibility index (Phi) is 3.48. The van der Waals surface area contributed by atoms with Crippen LogP contribution in [0.3, 0.4) is 0 Å². The van der Waals surface area contributed by atoms with Gasteiger partial charge in [-0.15, -0.1) is 0 Å². The van der Waals surface area contributed by atoms with Crippen molar-refractivity contribution in [3.63, 3.8) is 0 Å². The van der Waals surface area contributed by atoms with E-state index in [1.807, 2.05) is 6.07 Å². The van der Waals surface area contributed by atoms with E-state index in [0.717, 1.165) is 18.5 Å². The van der Waals surface area contributed by atoms with Gasteiger partial charge in [0, 0.05) is 11.6 Å². The Morgan fingerprint density at radius 2 is 2.00 bits per heavy atom. The molecule has 0 N–H and O–H groups in total. The third-order valence-electron chi connectivity index (χ3n) is 2.06. The summed E-state index contributed by atoms with van der Waals surface area (Å²) >= 11 is 5.75. The maximum Gasteiger partial charge on any atom is 0.132 e. The summed E-state index contributed by atoms with van der Waals surface area (Å²) in [6, 6.07) is 1.85. The van der Waals surface area contributed by atoms with Gasteiger partial charge in [-0.25, -0.2) is 9.97 Å². The van der Waals surface area contributed by atoms with Gasteiger partial charge >= 0.3 is 0 Å². The molecule has 0 aliphatic heterocycles. The molecule has 3 heteroatoms. The molecule has 0 spiro atoms. The van der Waals surface area contributed by atoms with Gasteiger partial charge in [-0.05, 0) is 18.9 Å². The molecule has 12 heavy (non-hydrogen) atoms. The number of hydrogen-bond donors (Lipinski definition) is 0. The van der Waals surface area contributed by atoms with Crippen molar-refractivity contribution in [2.45, 2.75) is 32.6 Å². The average molecular weight is 185 g/mol. The third kappa shape index (κ3) is 2.18. The summed E-state index contributed by atoms with van der Waals surface area (Å²) in [4.78, 5) is 8.03. The van der Waals surface area contributed by atoms with Crippen LogP contribution in [-0.4, -0.2) is 9.97 Å². The Labute approximate surface area is 78.0 Å². The van der Waals surface area contributed by atoms with E-state index in [9.17, 15) is 0 Å². The van der Waals surface area contributed by atoms with Crippen LogP contribution in [0.4, 0.5) is 0 Å². The van der Waals surface area contributed by atoms with Crippen molar-refractivity contribution in [3.8, 4) is 0 Å². The Bertz CT molecular complexity index is 246. The minimum atomic E-state index is 0.519. The Morgan fingerprint density at radius 3 is 2.50 bits per heavy atom. The SMILES string of the molecule is CCC(CC)c1cc(Cl)ncn1. The van der Waals surface area contributed by atoms with E-state index in [1.165, 1.54) is 6.33 Å². The maximum absolute atomic E-state index is 5.75. The molecule has 0 bridgehead atoms. The fraction of sp³-hybridized carbons (Fsp3) is 0.556. The molecule has 1 aromatic rings. The van der Waals surface area contributed by atoms with Crippen molar-refractivity contribution < 1.29 is 0 Å². The molecule has 0 fully saturated rings. The van der Waals surface area contributed by atoms with E-state index < -0.39 is 0 Å². The van der Waals surface area contributed by atoms with E-state index in [1.54, 1.807) is 0 Å². The summed E-state index contributed by atoms with van der Waals surface area (Å²) in [6.07, 6.45) is 3.73. The number of nitrogens with zero attached hydrogens (tertiary/aromatic N) is 2. The lowest BCUT2D eigenvalue weighted by Crippen LogP contribution is -1.98. The van der Waals surface area contributed by atoms with Crippen LogP contribution in [0.5, 0.6) is 0 Å². The molecule has 0 unspecified atom stereocenters. The van der Waals surface area contributed by atoms with Crippen LogP contribution in [0.1, 0.15) is 38.3 Å². The van der Waals surface area contributed by atoms with E-state index in [-0.39, 0.29) is 0 Å². The van der Waals surface area contributed by atoms with E-state index >= 15 is 0 Å². The molecular weight excluding hydrogens is 172 g/mol. The van der Waals surface area contributed by atoms with Crippen molar-refractivity contribution in [2.24, 2.45) is 0 Å². The maximum atomic E-state index is 5.75. The highest BCUT2D eigenvalue weighted by molar-refractivity contribution is 6.29. The van der Waals surface area contributed by atoms with Gasteiger partial charge in [0.15, 0.2) is 0 Å². The predicted molar refractivity (Wildman–Crippen MR) is 50.4 cm³/mol. The summed E-state index contributed by atoms with van der Waals surface area (Å²) in [5.74, 6) is 0.519. The fourth-order valence-electron chi connectivity index (χ4n) is 1.28. The molecule has 0 aliphatic carbocycles. The van der Waals surface area contributed by atoms with Gasteiger partial charge in [-0.1, -0.05) is 25.4 Å². The number of aromatic nitrogens is 2. The fourth-order valence-corrected chi connectivity index (χ4v) is 1.43. The highest BCUT2D eigenvalue weighted by Gasteiger charge is 2.08. The van der Waals surface area contributed by atoms with Crippen LogP contribution in [0.15, 0.2) is 12.4 Å². The topological polar surface area (TPSA) is 25.8 Å². The Morgan fingerprint density at radius 1 is 1.33 bits per heavy atom. The summed E-state index contributed by atoms with van der Waals surface area (Å²) < 4.78 is 0. The van der Waals surface area contributed by atoms with Gasteiger partial charge in [0.1, 0.15) is 11.5 Å². The summed E-state index contributed by atoms with van der Waals surface area (Å²) in [6.45, 7) is 4.31. The standard InChI is InChI=1S/C9H13ClN2/c1-3-7(4-2)8-5-9(10)12-6-11-8/h5-7H,3-4H2,1-2H3. The normalized spacial score (nSPS) is 10.7. The molecule has 66 valence electrons. The smallest absolute Gasteiger partial charge is 0.132 e. The minimum Gasteiger partial charge on any atom is -0.241 e. The molecule has 0 saturated heterocycles. The van der Waals surface area contributed by atoms with E-state index in [2.05, 4.69) is 23.8 Å². The number of rotatable bonds is 3. The van der Waals surface area contributed by atoms with Gasteiger partial charge < -0.3 is 0 Å². The molecule has 1 heterocycles. The second kappa shape index (κ2) is 4.41. The summed E-state index contributed by atoms with van der Waals surface area (Å²) in [5.41, 5.74) is 1.06. The van der Waals surface area contributed by atoms with Crippen LogP contribution in [-0.2, 0) is 0 Å². The lowest BCUT2D eigenvalue weighted by Gasteiger charge is -2.10. The quantitative estimate of drug-likeness (QED) is 0.675. The lowest BCUT2D eigenvalue weighted by atomic mass is 9.99. The van der Waals surface area contributed by atoms with Crippen LogP contribution in [0, 0.1) is 0 Å². The molecule has 0 saturated carbocycles. The van der Waals surface area contributed by atoms with Crippen LogP contribution in [0.2, 0.25) is 5.15 Å². The van der Waals surface area contributed by atoms with Gasteiger partial charge in [-0.3, -0.25) is 0 Å². The highest BCUT2D eigenvalue weighted by Crippen LogP contribution is 2.21. The van der Waals surface area contributed by atoms with Crippen molar-refractivity contribution in [3.05, 3.63) is 23.2 Å². The molecule has 0 amide bonds. The minimum absolute atomic E-state index is 0.519. The van der Waals surface area contributed by atoms with Gasteiger partial charge in [0.05, 0.1) is 0 Å². The molecule has 0 atom stereocenters. The first-order chi connectivity index (χ1) is 5.77.